The van der Waals surface area contributed by atoms with E-state index >= 15 is 0 Å². The number of hydrogen-bond donors (Lipinski definition) is 1. The fraction of sp³-hybridized carbons (Fsp3) is 0.406. The Morgan fingerprint density at radius 1 is 0.698 bits per heavy atom. The van der Waals surface area contributed by atoms with E-state index in [-0.39, 0.29) is 11.6 Å². The summed E-state index contributed by atoms with van der Waals surface area (Å²) in [5.74, 6) is 0.597. The smallest absolute Gasteiger partial charge is 0.407 e. The standard InChI is InChI=1S/C32H38N2O9/c35-32(43-24-31-29-8-3-1-6-27(29)28-7-2-4-9-30(28)31)33-14-5-15-38-16-17-39-18-19-40-20-21-41-22-23-42-26-12-10-25(11-13-26)34(36)37/h1-4,6-13,31H,5,14-24H2,(H,33,35). The molecule has 43 heavy (non-hydrogen) atoms. The number of alkyl carbamates (subject to hydrolysis) is 1. The number of carbonyl (C=O) groups excluding carboxylic acids is 1. The lowest BCUT2D eigenvalue weighted by Gasteiger charge is -2.14. The predicted molar refractivity (Wildman–Crippen MR) is 160 cm³/mol. The first-order valence-corrected chi connectivity index (χ1v) is 14.4. The molecule has 0 radical (unpaired) electrons. The number of benzene rings is 3. The summed E-state index contributed by atoms with van der Waals surface area (Å²) < 4.78 is 32.9. The highest BCUT2D eigenvalue weighted by Gasteiger charge is 2.28. The summed E-state index contributed by atoms with van der Waals surface area (Å²) in [4.78, 5) is 22.4. The van der Waals surface area contributed by atoms with E-state index in [2.05, 4.69) is 29.6 Å². The van der Waals surface area contributed by atoms with Crippen LogP contribution in [0.4, 0.5) is 10.5 Å². The third kappa shape index (κ3) is 10.3. The lowest BCUT2D eigenvalue weighted by Crippen LogP contribution is -2.27. The van der Waals surface area contributed by atoms with Crippen LogP contribution < -0.4 is 10.1 Å². The van der Waals surface area contributed by atoms with Gasteiger partial charge in [-0.15, -0.1) is 0 Å². The van der Waals surface area contributed by atoms with Crippen LogP contribution in [0.15, 0.2) is 72.8 Å². The zero-order chi connectivity index (χ0) is 30.1. The Bertz CT molecular complexity index is 1240. The molecular formula is C32H38N2O9. The van der Waals surface area contributed by atoms with Gasteiger partial charge < -0.3 is 33.7 Å². The van der Waals surface area contributed by atoms with Crippen LogP contribution in [0.5, 0.6) is 5.75 Å². The first-order valence-electron chi connectivity index (χ1n) is 14.4. The normalized spacial score (nSPS) is 12.0. The average molecular weight is 595 g/mol. The van der Waals surface area contributed by atoms with Crippen LogP contribution in [0.25, 0.3) is 11.1 Å². The van der Waals surface area contributed by atoms with E-state index in [1.165, 1.54) is 34.4 Å². The lowest BCUT2D eigenvalue weighted by molar-refractivity contribution is -0.384. The number of rotatable bonds is 20. The number of nitro benzene ring substituents is 1. The van der Waals surface area contributed by atoms with E-state index in [1.807, 2.05) is 24.3 Å². The minimum absolute atomic E-state index is 0.0232. The summed E-state index contributed by atoms with van der Waals surface area (Å²) in [7, 11) is 0. The molecule has 1 aliphatic rings. The summed E-state index contributed by atoms with van der Waals surface area (Å²) >= 11 is 0. The van der Waals surface area contributed by atoms with Gasteiger partial charge in [0.05, 0.1) is 51.2 Å². The lowest BCUT2D eigenvalue weighted by atomic mass is 9.98. The number of nitrogens with one attached hydrogen (secondary N) is 1. The maximum atomic E-state index is 12.2. The van der Waals surface area contributed by atoms with E-state index in [1.54, 1.807) is 12.1 Å². The SMILES string of the molecule is O=C(NCCCOCCOCCOCCOCCOc1ccc([N+](=O)[O-])cc1)OCC1c2ccccc2-c2ccccc21. The molecule has 0 aromatic heterocycles. The van der Waals surface area contributed by atoms with Crippen molar-refractivity contribution in [1.29, 1.82) is 0 Å². The second kappa shape index (κ2) is 17.8. The summed E-state index contributed by atoms with van der Waals surface area (Å²) in [6.07, 6.45) is 0.248. The second-order valence-electron chi connectivity index (χ2n) is 9.65. The molecule has 1 amide bonds. The molecule has 1 aliphatic carbocycles. The van der Waals surface area contributed by atoms with Crippen LogP contribution in [-0.4, -0.2) is 83.6 Å². The molecule has 0 bridgehead atoms. The molecule has 0 heterocycles. The van der Waals surface area contributed by atoms with Crippen molar-refractivity contribution in [2.24, 2.45) is 0 Å². The number of carbonyl (C=O) groups is 1. The molecule has 0 fully saturated rings. The van der Waals surface area contributed by atoms with Crippen LogP contribution in [0.2, 0.25) is 0 Å². The van der Waals surface area contributed by atoms with Crippen LogP contribution in [0.3, 0.4) is 0 Å². The number of non-ortho nitro benzene ring substituents is 1. The maximum Gasteiger partial charge on any atom is 0.407 e. The van der Waals surface area contributed by atoms with Crippen LogP contribution in [0, 0.1) is 10.1 Å². The quantitative estimate of drug-likeness (QED) is 0.110. The maximum absolute atomic E-state index is 12.2. The Kier molecular flexibility index (Phi) is 13.2. The Morgan fingerprint density at radius 3 is 1.77 bits per heavy atom. The Balaban J connectivity index is 0.909. The molecule has 1 N–H and O–H groups in total. The first kappa shape index (κ1) is 31.9. The zero-order valence-electron chi connectivity index (χ0n) is 24.1. The molecule has 4 rings (SSSR count). The highest BCUT2D eigenvalue weighted by Crippen LogP contribution is 2.44. The Labute approximate surface area is 251 Å². The van der Waals surface area contributed by atoms with Gasteiger partial charge in [-0.3, -0.25) is 10.1 Å². The van der Waals surface area contributed by atoms with E-state index in [0.29, 0.717) is 84.8 Å². The number of nitro groups is 1. The molecule has 3 aromatic carbocycles. The van der Waals surface area contributed by atoms with E-state index in [9.17, 15) is 14.9 Å². The molecule has 3 aromatic rings. The molecule has 0 saturated carbocycles. The first-order chi connectivity index (χ1) is 21.1. The number of ether oxygens (including phenoxy) is 6. The van der Waals surface area contributed by atoms with Gasteiger partial charge in [-0.05, 0) is 40.8 Å². The van der Waals surface area contributed by atoms with Gasteiger partial charge in [-0.25, -0.2) is 4.79 Å². The van der Waals surface area contributed by atoms with Crippen molar-refractivity contribution < 1.29 is 38.1 Å². The predicted octanol–water partition coefficient (Wildman–Crippen LogP) is 4.97. The third-order valence-electron chi connectivity index (χ3n) is 6.74. The van der Waals surface area contributed by atoms with E-state index < -0.39 is 11.0 Å². The number of fused-ring (bicyclic) bond motifs is 3. The molecule has 0 aliphatic heterocycles. The molecule has 0 unspecified atom stereocenters. The highest BCUT2D eigenvalue weighted by atomic mass is 16.6. The van der Waals surface area contributed by atoms with Gasteiger partial charge in [0, 0.05) is 31.2 Å². The minimum atomic E-state index is -0.453. The van der Waals surface area contributed by atoms with Gasteiger partial charge >= 0.3 is 6.09 Å². The molecule has 11 nitrogen and oxygen atoms in total. The monoisotopic (exact) mass is 594 g/mol. The van der Waals surface area contributed by atoms with Crippen molar-refractivity contribution in [2.75, 3.05) is 72.6 Å². The summed E-state index contributed by atoms with van der Waals surface area (Å²) in [6.45, 7) is 4.69. The van der Waals surface area contributed by atoms with Crippen molar-refractivity contribution in [3.63, 3.8) is 0 Å². The summed E-state index contributed by atoms with van der Waals surface area (Å²) in [5, 5.41) is 13.4. The van der Waals surface area contributed by atoms with Crippen LogP contribution in [-0.2, 0) is 23.7 Å². The number of amides is 1. The zero-order valence-corrected chi connectivity index (χ0v) is 24.1. The Hall–Kier alpha value is -4.03. The Morgan fingerprint density at radius 2 is 1.21 bits per heavy atom. The minimum Gasteiger partial charge on any atom is -0.491 e. The van der Waals surface area contributed by atoms with Gasteiger partial charge in [-0.1, -0.05) is 48.5 Å². The van der Waals surface area contributed by atoms with Crippen molar-refractivity contribution >= 4 is 11.8 Å². The second-order valence-corrected chi connectivity index (χ2v) is 9.65. The van der Waals surface area contributed by atoms with Crippen molar-refractivity contribution in [1.82, 2.24) is 5.32 Å². The average Bonchev–Trinajstić information content (AvgIpc) is 3.35. The third-order valence-corrected chi connectivity index (χ3v) is 6.74. The molecule has 230 valence electrons. The van der Waals surface area contributed by atoms with Crippen LogP contribution in [0.1, 0.15) is 23.5 Å². The van der Waals surface area contributed by atoms with E-state index in [0.717, 1.165) is 0 Å². The molecule has 0 saturated heterocycles. The summed E-state index contributed by atoms with van der Waals surface area (Å²) in [6, 6.07) is 22.4. The van der Waals surface area contributed by atoms with Gasteiger partial charge in [0.15, 0.2) is 0 Å². The fourth-order valence-corrected chi connectivity index (χ4v) is 4.66. The molecular weight excluding hydrogens is 556 g/mol. The summed E-state index contributed by atoms with van der Waals surface area (Å²) in [5.41, 5.74) is 4.80. The van der Waals surface area contributed by atoms with Crippen molar-refractivity contribution in [3.8, 4) is 16.9 Å². The number of hydrogen-bond acceptors (Lipinski definition) is 9. The van der Waals surface area contributed by atoms with Gasteiger partial charge in [0.2, 0.25) is 0 Å². The number of nitrogens with zero attached hydrogens (tertiary/aromatic N) is 1. The van der Waals surface area contributed by atoms with Gasteiger partial charge in [0.1, 0.15) is 19.0 Å². The van der Waals surface area contributed by atoms with Crippen molar-refractivity contribution in [2.45, 2.75) is 12.3 Å². The van der Waals surface area contributed by atoms with E-state index in [4.69, 9.17) is 28.4 Å². The fourth-order valence-electron chi connectivity index (χ4n) is 4.66. The molecule has 0 atom stereocenters. The van der Waals surface area contributed by atoms with Crippen LogP contribution >= 0.6 is 0 Å². The molecule has 0 spiro atoms. The van der Waals surface area contributed by atoms with Crippen molar-refractivity contribution in [3.05, 3.63) is 94.0 Å². The highest BCUT2D eigenvalue weighted by molar-refractivity contribution is 5.79. The topological polar surface area (TPSA) is 128 Å². The van der Waals surface area contributed by atoms with Gasteiger partial charge in [-0.2, -0.15) is 0 Å². The molecule has 11 heteroatoms. The largest absolute Gasteiger partial charge is 0.491 e. The van der Waals surface area contributed by atoms with Gasteiger partial charge in [0.25, 0.3) is 5.69 Å².